The van der Waals surface area contributed by atoms with E-state index in [0.717, 1.165) is 34.6 Å². The second kappa shape index (κ2) is 6.42. The van der Waals surface area contributed by atoms with E-state index in [2.05, 4.69) is 14.9 Å². The minimum Gasteiger partial charge on any atom is -0.359 e. The van der Waals surface area contributed by atoms with E-state index in [4.69, 9.17) is 0 Å². The lowest BCUT2D eigenvalue weighted by atomic mass is 10.1. The van der Waals surface area contributed by atoms with E-state index in [1.54, 1.807) is 34.7 Å². The summed E-state index contributed by atoms with van der Waals surface area (Å²) in [6.07, 6.45) is 3.31. The quantitative estimate of drug-likeness (QED) is 0.579. The number of aromatic amines is 1. The third-order valence-electron chi connectivity index (χ3n) is 4.59. The summed E-state index contributed by atoms with van der Waals surface area (Å²) in [6.45, 7) is 2.76. The number of ketones is 1. The van der Waals surface area contributed by atoms with Crippen molar-refractivity contribution < 1.29 is 9.59 Å². The summed E-state index contributed by atoms with van der Waals surface area (Å²) in [6, 6.07) is 5.74. The number of nitrogens with zero attached hydrogens (tertiary/aromatic N) is 3. The highest BCUT2D eigenvalue weighted by Crippen LogP contribution is 2.30. The average Bonchev–Trinajstić information content (AvgIpc) is 3.30. The van der Waals surface area contributed by atoms with Gasteiger partial charge in [0, 0.05) is 44.0 Å². The van der Waals surface area contributed by atoms with Crippen LogP contribution in [0.5, 0.6) is 0 Å². The number of carbonyl (C=O) groups is 2. The van der Waals surface area contributed by atoms with Gasteiger partial charge in [-0.2, -0.15) is 0 Å². The second-order valence-electron chi connectivity index (χ2n) is 6.19. The van der Waals surface area contributed by atoms with Crippen molar-refractivity contribution in [3.8, 4) is 10.6 Å². The van der Waals surface area contributed by atoms with Crippen molar-refractivity contribution in [2.45, 2.75) is 0 Å². The van der Waals surface area contributed by atoms with Crippen LogP contribution in [0.4, 0.5) is 0 Å². The summed E-state index contributed by atoms with van der Waals surface area (Å²) >= 11 is 1.59. The highest BCUT2D eigenvalue weighted by Gasteiger charge is 2.28. The van der Waals surface area contributed by atoms with Crippen LogP contribution in [0, 0.1) is 0 Å². The maximum atomic E-state index is 12.8. The Morgan fingerprint density at radius 2 is 2.00 bits per heavy atom. The number of amides is 1. The van der Waals surface area contributed by atoms with Crippen molar-refractivity contribution in [3.05, 3.63) is 41.5 Å². The fourth-order valence-electron chi connectivity index (χ4n) is 3.11. The first-order chi connectivity index (χ1) is 12.1. The molecule has 1 aliphatic heterocycles. The fraction of sp³-hybridized carbons (Fsp3) is 0.278. The zero-order valence-corrected chi connectivity index (χ0v) is 14.7. The van der Waals surface area contributed by atoms with Crippen LogP contribution in [-0.2, 0) is 4.79 Å². The molecule has 0 radical (unpaired) electrons. The number of carbonyl (C=O) groups excluding carboxylic acids is 2. The summed E-state index contributed by atoms with van der Waals surface area (Å²) in [5.74, 6) is -0.886. The maximum Gasteiger partial charge on any atom is 0.295 e. The third kappa shape index (κ3) is 2.85. The Kier molecular flexibility index (Phi) is 4.10. The van der Waals surface area contributed by atoms with Gasteiger partial charge in [-0.05, 0) is 24.6 Å². The van der Waals surface area contributed by atoms with Crippen molar-refractivity contribution in [2.24, 2.45) is 0 Å². The van der Waals surface area contributed by atoms with Crippen molar-refractivity contribution in [2.75, 3.05) is 33.2 Å². The van der Waals surface area contributed by atoms with Gasteiger partial charge in [-0.25, -0.2) is 0 Å². The zero-order valence-electron chi connectivity index (χ0n) is 13.9. The first-order valence-electron chi connectivity index (χ1n) is 8.17. The number of likely N-dealkylation sites (N-methyl/N-ethyl adjacent to an activating group) is 1. The third-order valence-corrected chi connectivity index (χ3v) is 5.46. The van der Waals surface area contributed by atoms with Crippen LogP contribution in [0.2, 0.25) is 0 Å². The van der Waals surface area contributed by atoms with Crippen molar-refractivity contribution >= 4 is 33.9 Å². The van der Waals surface area contributed by atoms with Gasteiger partial charge in [0.2, 0.25) is 0 Å². The molecule has 0 unspecified atom stereocenters. The van der Waals surface area contributed by atoms with Crippen molar-refractivity contribution in [3.63, 3.8) is 0 Å². The Morgan fingerprint density at radius 1 is 1.20 bits per heavy atom. The van der Waals surface area contributed by atoms with Gasteiger partial charge in [0.1, 0.15) is 5.69 Å². The minimum atomic E-state index is -0.459. The maximum absolute atomic E-state index is 12.8. The number of pyridine rings is 1. The molecular weight excluding hydrogens is 336 g/mol. The molecule has 1 saturated heterocycles. The molecular formula is C18H18N4O2S. The van der Waals surface area contributed by atoms with Crippen LogP contribution in [0.15, 0.2) is 36.0 Å². The summed E-state index contributed by atoms with van der Waals surface area (Å²) in [5, 5.41) is 2.73. The standard InChI is InChI=1S/C18H18N4O2S/c1-21-6-8-22(9-7-21)18(24)17(23)13-11-20-15-12(13)4-5-19-16(15)14-3-2-10-25-14/h2-5,10-11,20H,6-9H2,1H3. The predicted octanol–water partition coefficient (Wildman–Crippen LogP) is 2.25. The van der Waals surface area contributed by atoms with Crippen LogP contribution in [0.1, 0.15) is 10.4 Å². The molecule has 7 heteroatoms. The van der Waals surface area contributed by atoms with Crippen LogP contribution in [0.3, 0.4) is 0 Å². The van der Waals surface area contributed by atoms with Crippen molar-refractivity contribution in [1.29, 1.82) is 0 Å². The molecule has 1 fully saturated rings. The SMILES string of the molecule is CN1CCN(C(=O)C(=O)c2c[nH]c3c(-c4cccs4)nccc23)CC1. The Bertz CT molecular complexity index is 924. The Balaban J connectivity index is 1.67. The number of Topliss-reactive ketones (excluding diaryl/α,β-unsaturated/α-hetero) is 1. The molecule has 0 bridgehead atoms. The van der Waals surface area contributed by atoms with E-state index in [-0.39, 0.29) is 0 Å². The van der Waals surface area contributed by atoms with E-state index in [0.29, 0.717) is 18.7 Å². The highest BCUT2D eigenvalue weighted by molar-refractivity contribution is 7.13. The molecule has 0 atom stereocenters. The summed E-state index contributed by atoms with van der Waals surface area (Å²) in [7, 11) is 2.02. The zero-order chi connectivity index (χ0) is 17.4. The molecule has 4 rings (SSSR count). The first kappa shape index (κ1) is 16.0. The molecule has 0 aromatic carbocycles. The average molecular weight is 354 g/mol. The summed E-state index contributed by atoms with van der Waals surface area (Å²) < 4.78 is 0. The molecule has 6 nitrogen and oxygen atoms in total. The normalized spacial score (nSPS) is 15.6. The van der Waals surface area contributed by atoms with Crippen LogP contribution in [0.25, 0.3) is 21.5 Å². The smallest absolute Gasteiger partial charge is 0.295 e. The fourth-order valence-corrected chi connectivity index (χ4v) is 3.84. The molecule has 1 N–H and O–H groups in total. The number of hydrogen-bond acceptors (Lipinski definition) is 5. The van der Waals surface area contributed by atoms with Gasteiger partial charge in [-0.1, -0.05) is 6.07 Å². The second-order valence-corrected chi connectivity index (χ2v) is 7.13. The molecule has 1 amide bonds. The van der Waals surface area contributed by atoms with Gasteiger partial charge < -0.3 is 14.8 Å². The van der Waals surface area contributed by atoms with Gasteiger partial charge in [-0.15, -0.1) is 11.3 Å². The molecule has 1 aliphatic rings. The number of piperazine rings is 1. The highest BCUT2D eigenvalue weighted by atomic mass is 32.1. The van der Waals surface area contributed by atoms with Crippen LogP contribution >= 0.6 is 11.3 Å². The van der Waals surface area contributed by atoms with Crippen LogP contribution in [-0.4, -0.2) is 64.7 Å². The van der Waals surface area contributed by atoms with E-state index in [1.165, 1.54) is 0 Å². The Morgan fingerprint density at radius 3 is 2.72 bits per heavy atom. The number of aromatic nitrogens is 2. The topological polar surface area (TPSA) is 69.3 Å². The molecule has 3 aromatic rings. The number of hydrogen-bond donors (Lipinski definition) is 1. The number of thiophene rings is 1. The van der Waals surface area contributed by atoms with E-state index >= 15 is 0 Å². The lowest BCUT2D eigenvalue weighted by Gasteiger charge is -2.31. The molecule has 128 valence electrons. The summed E-state index contributed by atoms with van der Waals surface area (Å²) in [5.41, 5.74) is 2.01. The van der Waals surface area contributed by atoms with Gasteiger partial charge in [0.25, 0.3) is 11.7 Å². The van der Waals surface area contributed by atoms with Gasteiger partial charge in [-0.3, -0.25) is 14.6 Å². The minimum absolute atomic E-state index is 0.416. The number of H-pyrrole nitrogens is 1. The lowest BCUT2D eigenvalue weighted by molar-refractivity contribution is -0.127. The monoisotopic (exact) mass is 354 g/mol. The summed E-state index contributed by atoms with van der Waals surface area (Å²) in [4.78, 5) is 37.7. The Hall–Kier alpha value is -2.51. The molecule has 25 heavy (non-hydrogen) atoms. The first-order valence-corrected chi connectivity index (χ1v) is 9.05. The van der Waals surface area contributed by atoms with E-state index < -0.39 is 11.7 Å². The molecule has 0 saturated carbocycles. The largest absolute Gasteiger partial charge is 0.359 e. The van der Waals surface area contributed by atoms with Crippen LogP contribution < -0.4 is 0 Å². The lowest BCUT2D eigenvalue weighted by Crippen LogP contribution is -2.49. The van der Waals surface area contributed by atoms with Crippen molar-refractivity contribution in [1.82, 2.24) is 19.8 Å². The van der Waals surface area contributed by atoms with E-state index in [9.17, 15) is 9.59 Å². The molecule has 4 heterocycles. The van der Waals surface area contributed by atoms with Gasteiger partial charge in [0.05, 0.1) is 16.0 Å². The Labute approximate surface area is 149 Å². The molecule has 3 aromatic heterocycles. The number of fused-ring (bicyclic) bond motifs is 1. The number of rotatable bonds is 3. The number of nitrogens with one attached hydrogen (secondary N) is 1. The van der Waals surface area contributed by atoms with E-state index in [1.807, 2.05) is 24.6 Å². The predicted molar refractivity (Wildman–Crippen MR) is 97.8 cm³/mol. The van der Waals surface area contributed by atoms with Gasteiger partial charge in [0.15, 0.2) is 0 Å². The molecule has 0 aliphatic carbocycles. The van der Waals surface area contributed by atoms with Gasteiger partial charge >= 0.3 is 0 Å². The molecule has 0 spiro atoms.